The van der Waals surface area contributed by atoms with Gasteiger partial charge < -0.3 is 0 Å². The molecule has 0 radical (unpaired) electrons. The van der Waals surface area contributed by atoms with E-state index in [9.17, 15) is 27.7 Å². The van der Waals surface area contributed by atoms with Crippen molar-refractivity contribution in [1.82, 2.24) is 5.32 Å². The van der Waals surface area contributed by atoms with Gasteiger partial charge in [-0.05, 0) is 47.9 Å². The lowest BCUT2D eigenvalue weighted by Gasteiger charge is -2.25. The number of rotatable bonds is 6. The van der Waals surface area contributed by atoms with E-state index in [0.717, 1.165) is 12.1 Å². The fourth-order valence-corrected chi connectivity index (χ4v) is 3.03. The molecular weight excluding hydrogens is 388 g/mol. The molecule has 0 saturated carbocycles. The molecule has 29 heavy (non-hydrogen) atoms. The summed E-state index contributed by atoms with van der Waals surface area (Å²) >= 11 is 0. The number of hydrogen-bond donors (Lipinski definition) is 1. The van der Waals surface area contributed by atoms with E-state index in [1.165, 1.54) is 42.5 Å². The third-order valence-corrected chi connectivity index (χ3v) is 4.54. The molecule has 2 atom stereocenters. The molecule has 1 unspecified atom stereocenters. The lowest BCUT2D eigenvalue weighted by Crippen LogP contribution is -2.26. The summed E-state index contributed by atoms with van der Waals surface area (Å²) in [4.78, 5) is 10.6. The zero-order valence-electron chi connectivity index (χ0n) is 15.2. The molecule has 0 amide bonds. The first-order valence-corrected chi connectivity index (χ1v) is 8.66. The highest BCUT2D eigenvalue weighted by molar-refractivity contribution is 5.40. The highest BCUT2D eigenvalue weighted by atomic mass is 19.2. The molecule has 150 valence electrons. The van der Waals surface area contributed by atoms with Gasteiger partial charge in [-0.2, -0.15) is 0 Å². The second-order valence-corrected chi connectivity index (χ2v) is 6.52. The number of non-ortho nitro benzene ring substituents is 1. The Bertz CT molecular complexity index is 1020. The largest absolute Gasteiger partial charge is 0.300 e. The van der Waals surface area contributed by atoms with Gasteiger partial charge in [-0.15, -0.1) is 0 Å². The first-order chi connectivity index (χ1) is 13.8. The maximum absolute atomic E-state index is 13.6. The average Bonchev–Trinajstić information content (AvgIpc) is 2.70. The van der Waals surface area contributed by atoms with Crippen LogP contribution in [-0.2, 0) is 0 Å². The van der Waals surface area contributed by atoms with Crippen molar-refractivity contribution in [3.63, 3.8) is 0 Å². The van der Waals surface area contributed by atoms with Crippen molar-refractivity contribution in [1.29, 1.82) is 0 Å². The van der Waals surface area contributed by atoms with Crippen LogP contribution in [0.3, 0.4) is 0 Å². The SMILES string of the molecule is C[C@@H](NC(c1ccc(F)cc1)c1cccc([N+](=O)[O-])c1)c1cc(F)c(F)c(F)c1. The van der Waals surface area contributed by atoms with Gasteiger partial charge in [-0.25, -0.2) is 17.6 Å². The maximum Gasteiger partial charge on any atom is 0.269 e. The molecule has 3 aromatic rings. The molecule has 0 fully saturated rings. The van der Waals surface area contributed by atoms with Crippen molar-refractivity contribution < 1.29 is 22.5 Å². The highest BCUT2D eigenvalue weighted by Crippen LogP contribution is 2.29. The van der Waals surface area contributed by atoms with E-state index in [1.54, 1.807) is 13.0 Å². The van der Waals surface area contributed by atoms with E-state index < -0.39 is 40.3 Å². The van der Waals surface area contributed by atoms with Crippen LogP contribution < -0.4 is 5.32 Å². The Morgan fingerprint density at radius 3 is 2.07 bits per heavy atom. The first-order valence-electron chi connectivity index (χ1n) is 8.66. The zero-order chi connectivity index (χ0) is 21.1. The number of nitrogens with one attached hydrogen (secondary N) is 1. The van der Waals surface area contributed by atoms with Crippen molar-refractivity contribution >= 4 is 5.69 Å². The van der Waals surface area contributed by atoms with Gasteiger partial charge >= 0.3 is 0 Å². The number of nitro benzene ring substituents is 1. The van der Waals surface area contributed by atoms with Gasteiger partial charge in [-0.1, -0.05) is 24.3 Å². The molecule has 0 aliphatic carbocycles. The molecule has 0 aliphatic heterocycles. The molecule has 0 bridgehead atoms. The quantitative estimate of drug-likeness (QED) is 0.252. The molecule has 1 N–H and O–H groups in total. The van der Waals surface area contributed by atoms with E-state index in [-0.39, 0.29) is 11.3 Å². The van der Waals surface area contributed by atoms with Gasteiger partial charge in [0.2, 0.25) is 0 Å². The maximum atomic E-state index is 13.6. The lowest BCUT2D eigenvalue weighted by atomic mass is 9.96. The summed E-state index contributed by atoms with van der Waals surface area (Å²) in [6, 6.07) is 11.8. The van der Waals surface area contributed by atoms with Crippen molar-refractivity contribution in [2.45, 2.75) is 19.0 Å². The van der Waals surface area contributed by atoms with Crippen molar-refractivity contribution in [2.75, 3.05) is 0 Å². The van der Waals surface area contributed by atoms with Crippen LogP contribution >= 0.6 is 0 Å². The van der Waals surface area contributed by atoms with E-state index in [1.807, 2.05) is 0 Å². The van der Waals surface area contributed by atoms with E-state index in [2.05, 4.69) is 5.32 Å². The van der Waals surface area contributed by atoms with E-state index in [4.69, 9.17) is 0 Å². The van der Waals surface area contributed by atoms with Crippen LogP contribution in [0.1, 0.15) is 35.7 Å². The molecule has 0 heterocycles. The molecule has 0 aromatic heterocycles. The molecule has 3 aromatic carbocycles. The summed E-state index contributed by atoms with van der Waals surface area (Å²) in [6.45, 7) is 1.61. The highest BCUT2D eigenvalue weighted by Gasteiger charge is 2.21. The Hall–Kier alpha value is -3.26. The molecule has 3 rings (SSSR count). The zero-order valence-corrected chi connectivity index (χ0v) is 15.2. The average molecular weight is 404 g/mol. The number of nitro groups is 1. The van der Waals surface area contributed by atoms with Crippen LogP contribution in [0.25, 0.3) is 0 Å². The van der Waals surface area contributed by atoms with Crippen LogP contribution in [0.4, 0.5) is 23.2 Å². The molecular formula is C21H16F4N2O2. The lowest BCUT2D eigenvalue weighted by molar-refractivity contribution is -0.384. The van der Waals surface area contributed by atoms with Crippen molar-refractivity contribution in [2.24, 2.45) is 0 Å². The summed E-state index contributed by atoms with van der Waals surface area (Å²) < 4.78 is 53.8. The Morgan fingerprint density at radius 2 is 1.48 bits per heavy atom. The third kappa shape index (κ3) is 4.60. The summed E-state index contributed by atoms with van der Waals surface area (Å²) in [5, 5.41) is 14.2. The normalized spacial score (nSPS) is 13.1. The molecule has 0 spiro atoms. The van der Waals surface area contributed by atoms with E-state index >= 15 is 0 Å². The van der Waals surface area contributed by atoms with Gasteiger partial charge in [0.1, 0.15) is 5.82 Å². The van der Waals surface area contributed by atoms with Crippen LogP contribution in [-0.4, -0.2) is 4.92 Å². The monoisotopic (exact) mass is 404 g/mol. The minimum absolute atomic E-state index is 0.136. The fraction of sp³-hybridized carbons (Fsp3) is 0.143. The number of benzene rings is 3. The molecule has 0 saturated heterocycles. The van der Waals surface area contributed by atoms with Crippen LogP contribution in [0, 0.1) is 33.4 Å². The summed E-state index contributed by atoms with van der Waals surface area (Å²) in [6.07, 6.45) is 0. The smallest absolute Gasteiger partial charge is 0.269 e. The van der Waals surface area contributed by atoms with Crippen LogP contribution in [0.15, 0.2) is 60.7 Å². The van der Waals surface area contributed by atoms with Gasteiger partial charge in [0.25, 0.3) is 5.69 Å². The third-order valence-electron chi connectivity index (χ3n) is 4.54. The number of hydrogen-bond acceptors (Lipinski definition) is 3. The molecule has 4 nitrogen and oxygen atoms in total. The first kappa shape index (κ1) is 20.5. The Balaban J connectivity index is 2.00. The second-order valence-electron chi connectivity index (χ2n) is 6.52. The van der Waals surface area contributed by atoms with E-state index in [0.29, 0.717) is 11.1 Å². The van der Waals surface area contributed by atoms with Gasteiger partial charge in [0, 0.05) is 18.2 Å². The summed E-state index contributed by atoms with van der Waals surface area (Å²) in [5.74, 6) is -4.65. The van der Waals surface area contributed by atoms with Crippen LogP contribution in [0.2, 0.25) is 0 Å². The second kappa shape index (κ2) is 8.40. The van der Waals surface area contributed by atoms with Crippen molar-refractivity contribution in [3.8, 4) is 0 Å². The number of nitrogens with zero attached hydrogens (tertiary/aromatic N) is 1. The Kier molecular flexibility index (Phi) is 5.93. The van der Waals surface area contributed by atoms with Crippen molar-refractivity contribution in [3.05, 3.63) is 111 Å². The Labute approximate surface area is 164 Å². The van der Waals surface area contributed by atoms with Crippen LogP contribution in [0.5, 0.6) is 0 Å². The molecule has 8 heteroatoms. The minimum atomic E-state index is -1.56. The fourth-order valence-electron chi connectivity index (χ4n) is 3.03. The summed E-state index contributed by atoms with van der Waals surface area (Å²) in [7, 11) is 0. The predicted octanol–water partition coefficient (Wildman–Crippen LogP) is 5.59. The van der Waals surface area contributed by atoms with Gasteiger partial charge in [-0.3, -0.25) is 15.4 Å². The van der Waals surface area contributed by atoms with Gasteiger partial charge in [0.15, 0.2) is 17.5 Å². The van der Waals surface area contributed by atoms with Gasteiger partial charge in [0.05, 0.1) is 11.0 Å². The predicted molar refractivity (Wildman–Crippen MR) is 99.2 cm³/mol. The number of halogens is 4. The summed E-state index contributed by atoms with van der Waals surface area (Å²) in [5.41, 5.74) is 1.10. The minimum Gasteiger partial charge on any atom is -0.300 e. The Morgan fingerprint density at radius 1 is 0.862 bits per heavy atom. The topological polar surface area (TPSA) is 55.2 Å². The molecule has 0 aliphatic rings. The standard InChI is InChI=1S/C21H16F4N2O2/c1-12(15-10-18(23)20(25)19(24)11-15)26-21(13-5-7-16(22)8-6-13)14-3-2-4-17(9-14)27(28)29/h2-12,21,26H,1H3/t12-,21?/m1/s1.